The molecule has 3 rings (SSSR count). The Balaban J connectivity index is 1.86. The molecular weight excluding hydrogens is 378 g/mol. The Labute approximate surface area is 166 Å². The zero-order valence-corrected chi connectivity index (χ0v) is 16.4. The average molecular weight is 397 g/mol. The number of hydrogen-bond donors (Lipinski definition) is 1. The number of hydrazone groups is 1. The van der Waals surface area contributed by atoms with Crippen molar-refractivity contribution in [2.75, 3.05) is 26.8 Å². The summed E-state index contributed by atoms with van der Waals surface area (Å²) in [6, 6.07) is 14.9. The van der Waals surface area contributed by atoms with E-state index in [0.717, 1.165) is 11.1 Å². The fourth-order valence-electron chi connectivity index (χ4n) is 2.49. The number of methoxy groups -OCH3 is 3. The van der Waals surface area contributed by atoms with Crippen LogP contribution < -0.4 is 14.9 Å². The largest absolute Gasteiger partial charge is 0.497 e. The molecule has 0 saturated carbocycles. The van der Waals surface area contributed by atoms with Gasteiger partial charge in [-0.3, -0.25) is 5.43 Å². The van der Waals surface area contributed by atoms with Crippen molar-refractivity contribution in [3.8, 4) is 22.8 Å². The zero-order chi connectivity index (χ0) is 19.9. The minimum Gasteiger partial charge on any atom is -0.497 e. The van der Waals surface area contributed by atoms with Gasteiger partial charge in [-0.05, 0) is 18.2 Å². The highest BCUT2D eigenvalue weighted by atomic mass is 32.1. The Morgan fingerprint density at radius 3 is 2.57 bits per heavy atom. The first-order valence-corrected chi connectivity index (χ1v) is 9.13. The quantitative estimate of drug-likeness (QED) is 0.368. The van der Waals surface area contributed by atoms with Crippen molar-refractivity contribution < 1.29 is 19.0 Å². The molecule has 0 saturated heterocycles. The van der Waals surface area contributed by atoms with Gasteiger partial charge in [0, 0.05) is 11.1 Å². The Kier molecular flexibility index (Phi) is 6.23. The number of hydrogen-bond acceptors (Lipinski definition) is 8. The molecule has 8 heteroatoms. The van der Waals surface area contributed by atoms with Crippen molar-refractivity contribution in [3.05, 3.63) is 59.0 Å². The minimum absolute atomic E-state index is 0.408. The maximum atomic E-state index is 12.1. The molecule has 0 radical (unpaired) electrons. The van der Waals surface area contributed by atoms with Gasteiger partial charge < -0.3 is 14.2 Å². The third-order valence-electron chi connectivity index (χ3n) is 3.85. The maximum absolute atomic E-state index is 12.1. The molecule has 1 heterocycles. The van der Waals surface area contributed by atoms with Gasteiger partial charge in [0.05, 0.1) is 33.2 Å². The number of ether oxygens (including phenoxy) is 3. The van der Waals surface area contributed by atoms with E-state index in [-0.39, 0.29) is 0 Å². The van der Waals surface area contributed by atoms with Crippen LogP contribution in [0.5, 0.6) is 11.5 Å². The first-order chi connectivity index (χ1) is 13.7. The lowest BCUT2D eigenvalue weighted by Gasteiger charge is -2.06. The van der Waals surface area contributed by atoms with E-state index in [2.05, 4.69) is 15.5 Å². The molecule has 0 amide bonds. The van der Waals surface area contributed by atoms with Crippen LogP contribution in [-0.4, -0.2) is 38.5 Å². The molecule has 0 unspecified atom stereocenters. The lowest BCUT2D eigenvalue weighted by atomic mass is 10.1. The van der Waals surface area contributed by atoms with Crippen LogP contribution in [-0.2, 0) is 4.74 Å². The standard InChI is InChI=1S/C20H19N3O4S/c1-25-15-9-10-16(26-2)14(11-15)12-21-23-20-22-17(13-7-5-4-6-8-13)18(28-20)19(24)27-3/h4-12H,1-3H3,(H,22,23)/b21-12-. The van der Waals surface area contributed by atoms with Gasteiger partial charge in [0.1, 0.15) is 16.4 Å². The summed E-state index contributed by atoms with van der Waals surface area (Å²) in [6.07, 6.45) is 1.60. The number of benzene rings is 2. The summed E-state index contributed by atoms with van der Waals surface area (Å²) in [4.78, 5) is 17.0. The fourth-order valence-corrected chi connectivity index (χ4v) is 3.34. The predicted octanol–water partition coefficient (Wildman–Crippen LogP) is 4.06. The van der Waals surface area contributed by atoms with Crippen molar-refractivity contribution in [2.45, 2.75) is 0 Å². The van der Waals surface area contributed by atoms with Crippen LogP contribution in [0.25, 0.3) is 11.3 Å². The number of nitrogens with zero attached hydrogens (tertiary/aromatic N) is 2. The number of carbonyl (C=O) groups excluding carboxylic acids is 1. The Morgan fingerprint density at radius 2 is 1.89 bits per heavy atom. The van der Waals surface area contributed by atoms with Gasteiger partial charge in [0.25, 0.3) is 0 Å². The topological polar surface area (TPSA) is 82.0 Å². The van der Waals surface area contributed by atoms with E-state index in [4.69, 9.17) is 14.2 Å². The predicted molar refractivity (Wildman–Crippen MR) is 110 cm³/mol. The molecule has 0 aliphatic rings. The molecule has 0 aliphatic carbocycles. The van der Waals surface area contributed by atoms with Gasteiger partial charge in [-0.25, -0.2) is 9.78 Å². The highest BCUT2D eigenvalue weighted by Gasteiger charge is 2.19. The maximum Gasteiger partial charge on any atom is 0.350 e. The number of carbonyl (C=O) groups is 1. The van der Waals surface area contributed by atoms with Crippen LogP contribution >= 0.6 is 11.3 Å². The summed E-state index contributed by atoms with van der Waals surface area (Å²) in [7, 11) is 4.52. The van der Waals surface area contributed by atoms with E-state index in [1.807, 2.05) is 30.3 Å². The molecule has 1 aromatic heterocycles. The van der Waals surface area contributed by atoms with Gasteiger partial charge in [0.2, 0.25) is 5.13 Å². The summed E-state index contributed by atoms with van der Waals surface area (Å²) in [5, 5.41) is 4.68. The number of nitrogens with one attached hydrogen (secondary N) is 1. The van der Waals surface area contributed by atoms with Crippen molar-refractivity contribution in [1.82, 2.24) is 4.98 Å². The van der Waals surface area contributed by atoms with Crippen molar-refractivity contribution in [2.24, 2.45) is 5.10 Å². The number of rotatable bonds is 7. The second-order valence-electron chi connectivity index (χ2n) is 5.53. The number of thiazole rings is 1. The van der Waals surface area contributed by atoms with E-state index in [9.17, 15) is 4.79 Å². The van der Waals surface area contributed by atoms with E-state index in [0.29, 0.717) is 27.2 Å². The second kappa shape index (κ2) is 9.01. The summed E-state index contributed by atoms with van der Waals surface area (Å²) in [5.74, 6) is 0.907. The molecular formula is C20H19N3O4S. The third kappa shape index (κ3) is 4.29. The highest BCUT2D eigenvalue weighted by Crippen LogP contribution is 2.31. The lowest BCUT2D eigenvalue weighted by molar-refractivity contribution is 0.0607. The first-order valence-electron chi connectivity index (χ1n) is 8.32. The molecule has 3 aromatic rings. The van der Waals surface area contributed by atoms with Crippen molar-refractivity contribution in [1.29, 1.82) is 0 Å². The smallest absolute Gasteiger partial charge is 0.350 e. The summed E-state index contributed by atoms with van der Waals surface area (Å²) in [6.45, 7) is 0. The molecule has 144 valence electrons. The van der Waals surface area contributed by atoms with E-state index >= 15 is 0 Å². The first kappa shape index (κ1) is 19.4. The normalized spacial score (nSPS) is 10.7. The summed E-state index contributed by atoms with van der Waals surface area (Å²) < 4.78 is 15.4. The van der Waals surface area contributed by atoms with Gasteiger partial charge in [-0.2, -0.15) is 5.10 Å². The molecule has 7 nitrogen and oxygen atoms in total. The van der Waals surface area contributed by atoms with Crippen LogP contribution in [0.3, 0.4) is 0 Å². The molecule has 2 aromatic carbocycles. The van der Waals surface area contributed by atoms with E-state index in [1.165, 1.54) is 18.4 Å². The molecule has 0 atom stereocenters. The Bertz CT molecular complexity index is 986. The van der Waals surface area contributed by atoms with Crippen molar-refractivity contribution in [3.63, 3.8) is 0 Å². The molecule has 28 heavy (non-hydrogen) atoms. The van der Waals surface area contributed by atoms with Gasteiger partial charge in [-0.15, -0.1) is 0 Å². The summed E-state index contributed by atoms with van der Waals surface area (Å²) >= 11 is 1.17. The van der Waals surface area contributed by atoms with Crippen LogP contribution in [0.2, 0.25) is 0 Å². The van der Waals surface area contributed by atoms with Crippen LogP contribution in [0, 0.1) is 0 Å². The number of esters is 1. The van der Waals surface area contributed by atoms with Crippen molar-refractivity contribution >= 4 is 28.7 Å². The highest BCUT2D eigenvalue weighted by molar-refractivity contribution is 7.17. The molecule has 1 N–H and O–H groups in total. The average Bonchev–Trinajstić information content (AvgIpc) is 3.18. The van der Waals surface area contributed by atoms with Gasteiger partial charge in [0.15, 0.2) is 0 Å². The van der Waals surface area contributed by atoms with Crippen LogP contribution in [0.15, 0.2) is 53.6 Å². The SMILES string of the molecule is COC(=O)c1sc(N/N=C\c2cc(OC)ccc2OC)nc1-c1ccccc1. The van der Waals surface area contributed by atoms with Crippen LogP contribution in [0.1, 0.15) is 15.2 Å². The van der Waals surface area contributed by atoms with E-state index in [1.54, 1.807) is 38.6 Å². The zero-order valence-electron chi connectivity index (χ0n) is 15.6. The minimum atomic E-state index is -0.442. The van der Waals surface area contributed by atoms with E-state index < -0.39 is 5.97 Å². The Hall–Kier alpha value is -3.39. The third-order valence-corrected chi connectivity index (χ3v) is 4.79. The number of anilines is 1. The molecule has 0 bridgehead atoms. The lowest BCUT2D eigenvalue weighted by Crippen LogP contribution is -2.00. The number of aromatic nitrogens is 1. The summed E-state index contributed by atoms with van der Waals surface area (Å²) in [5.41, 5.74) is 4.98. The Morgan fingerprint density at radius 1 is 1.11 bits per heavy atom. The van der Waals surface area contributed by atoms with Crippen LogP contribution in [0.4, 0.5) is 5.13 Å². The molecule has 0 aliphatic heterocycles. The molecule has 0 spiro atoms. The van der Waals surface area contributed by atoms with Gasteiger partial charge in [-0.1, -0.05) is 41.7 Å². The molecule has 0 fully saturated rings. The monoisotopic (exact) mass is 397 g/mol. The fraction of sp³-hybridized carbons (Fsp3) is 0.150. The van der Waals surface area contributed by atoms with Gasteiger partial charge >= 0.3 is 5.97 Å². The second-order valence-corrected chi connectivity index (χ2v) is 6.53.